The first kappa shape index (κ1) is 10.0. The summed E-state index contributed by atoms with van der Waals surface area (Å²) in [7, 11) is 0. The zero-order valence-corrected chi connectivity index (χ0v) is 8.39. The van der Waals surface area contributed by atoms with Gasteiger partial charge in [0.2, 0.25) is 0 Å². The molecule has 0 radical (unpaired) electrons. The van der Waals surface area contributed by atoms with Crippen LogP contribution in [-0.4, -0.2) is 6.04 Å². The van der Waals surface area contributed by atoms with Gasteiger partial charge in [-0.2, -0.15) is 0 Å². The van der Waals surface area contributed by atoms with Crippen LogP contribution in [0.5, 0.6) is 0 Å². The minimum atomic E-state index is 0.509. The van der Waals surface area contributed by atoms with E-state index in [-0.39, 0.29) is 0 Å². The molecular weight excluding hydrogens is 146 g/mol. The molecule has 1 aliphatic carbocycles. The molecule has 1 rings (SSSR count). The first-order valence-electron chi connectivity index (χ1n) is 5.58. The molecule has 2 unspecified atom stereocenters. The van der Waals surface area contributed by atoms with Gasteiger partial charge in [-0.25, -0.2) is 0 Å². The van der Waals surface area contributed by atoms with Gasteiger partial charge in [-0.3, -0.25) is 0 Å². The average molecular weight is 169 g/mol. The largest absolute Gasteiger partial charge is 0.328 e. The lowest BCUT2D eigenvalue weighted by Crippen LogP contribution is -2.21. The highest BCUT2D eigenvalue weighted by atomic mass is 14.6. The van der Waals surface area contributed by atoms with E-state index in [1.54, 1.807) is 0 Å². The van der Waals surface area contributed by atoms with E-state index in [4.69, 9.17) is 5.73 Å². The van der Waals surface area contributed by atoms with Gasteiger partial charge in [0.15, 0.2) is 0 Å². The van der Waals surface area contributed by atoms with E-state index < -0.39 is 0 Å². The van der Waals surface area contributed by atoms with Gasteiger partial charge in [0.25, 0.3) is 0 Å². The predicted molar refractivity (Wildman–Crippen MR) is 54.1 cm³/mol. The third kappa shape index (κ3) is 3.57. The molecule has 1 heteroatoms. The zero-order valence-electron chi connectivity index (χ0n) is 8.39. The molecule has 1 fully saturated rings. The number of unbranched alkanes of at least 4 members (excludes halogenated alkanes) is 1. The van der Waals surface area contributed by atoms with E-state index in [2.05, 4.69) is 6.92 Å². The van der Waals surface area contributed by atoms with Crippen molar-refractivity contribution in [2.75, 3.05) is 0 Å². The zero-order chi connectivity index (χ0) is 8.81. The lowest BCUT2D eigenvalue weighted by Gasteiger charge is -2.16. The van der Waals surface area contributed by atoms with Gasteiger partial charge in [-0.05, 0) is 18.8 Å². The van der Waals surface area contributed by atoms with Gasteiger partial charge in [0, 0.05) is 6.04 Å². The second-order valence-corrected chi connectivity index (χ2v) is 4.29. The molecule has 1 aliphatic rings. The summed E-state index contributed by atoms with van der Waals surface area (Å²) in [4.78, 5) is 0. The Hall–Kier alpha value is -0.0400. The first-order chi connectivity index (χ1) is 5.83. The van der Waals surface area contributed by atoms with Gasteiger partial charge >= 0.3 is 0 Å². The lowest BCUT2D eigenvalue weighted by atomic mass is 9.93. The summed E-state index contributed by atoms with van der Waals surface area (Å²) >= 11 is 0. The second kappa shape index (κ2) is 5.58. The topological polar surface area (TPSA) is 26.0 Å². The monoisotopic (exact) mass is 169 g/mol. The summed E-state index contributed by atoms with van der Waals surface area (Å²) in [6.07, 6.45) is 10.9. The quantitative estimate of drug-likeness (QED) is 0.645. The molecule has 72 valence electrons. The van der Waals surface area contributed by atoms with E-state index in [1.807, 2.05) is 0 Å². The van der Waals surface area contributed by atoms with Crippen LogP contribution in [0.15, 0.2) is 0 Å². The summed E-state index contributed by atoms with van der Waals surface area (Å²) in [5.74, 6) is 0.947. The molecule has 0 amide bonds. The number of rotatable bonds is 3. The highest BCUT2D eigenvalue weighted by Gasteiger charge is 2.16. The van der Waals surface area contributed by atoms with Crippen LogP contribution in [0.1, 0.15) is 58.3 Å². The Morgan fingerprint density at radius 1 is 1.25 bits per heavy atom. The molecule has 0 spiro atoms. The minimum Gasteiger partial charge on any atom is -0.328 e. The van der Waals surface area contributed by atoms with Gasteiger partial charge in [0.1, 0.15) is 0 Å². The normalized spacial score (nSPS) is 31.5. The standard InChI is InChI=1S/C11H23N/c1-2-3-6-10-7-4-5-8-11(12)9-10/h10-11H,2-9,12H2,1H3. The molecule has 0 aromatic heterocycles. The summed E-state index contributed by atoms with van der Waals surface area (Å²) in [6.45, 7) is 2.27. The molecule has 0 saturated heterocycles. The molecule has 0 bridgehead atoms. The van der Waals surface area contributed by atoms with Crippen LogP contribution in [0.4, 0.5) is 0 Å². The van der Waals surface area contributed by atoms with Crippen molar-refractivity contribution in [3.8, 4) is 0 Å². The smallest absolute Gasteiger partial charge is 0.00414 e. The van der Waals surface area contributed by atoms with Crippen molar-refractivity contribution in [3.05, 3.63) is 0 Å². The highest BCUT2D eigenvalue weighted by Crippen LogP contribution is 2.26. The van der Waals surface area contributed by atoms with Crippen LogP contribution in [0, 0.1) is 5.92 Å². The third-order valence-electron chi connectivity index (χ3n) is 3.04. The summed E-state index contributed by atoms with van der Waals surface area (Å²) in [5, 5.41) is 0. The Bertz CT molecular complexity index is 112. The minimum absolute atomic E-state index is 0.509. The second-order valence-electron chi connectivity index (χ2n) is 4.29. The van der Waals surface area contributed by atoms with Gasteiger partial charge < -0.3 is 5.73 Å². The molecule has 1 nitrogen and oxygen atoms in total. The van der Waals surface area contributed by atoms with E-state index in [0.29, 0.717) is 6.04 Å². The van der Waals surface area contributed by atoms with Crippen LogP contribution in [0.2, 0.25) is 0 Å². The summed E-state index contributed by atoms with van der Waals surface area (Å²) in [5.41, 5.74) is 6.00. The number of hydrogen-bond acceptors (Lipinski definition) is 1. The number of nitrogens with two attached hydrogens (primary N) is 1. The highest BCUT2D eigenvalue weighted by molar-refractivity contribution is 4.73. The Labute approximate surface area is 76.7 Å². The fourth-order valence-corrected chi connectivity index (χ4v) is 2.26. The van der Waals surface area contributed by atoms with E-state index in [0.717, 1.165) is 5.92 Å². The van der Waals surface area contributed by atoms with E-state index in [9.17, 15) is 0 Å². The van der Waals surface area contributed by atoms with Crippen molar-refractivity contribution < 1.29 is 0 Å². The Morgan fingerprint density at radius 3 is 2.75 bits per heavy atom. The molecule has 0 aromatic rings. The maximum absolute atomic E-state index is 6.00. The average Bonchev–Trinajstić information content (AvgIpc) is 2.26. The van der Waals surface area contributed by atoms with Crippen molar-refractivity contribution in [1.29, 1.82) is 0 Å². The van der Waals surface area contributed by atoms with Crippen molar-refractivity contribution >= 4 is 0 Å². The third-order valence-corrected chi connectivity index (χ3v) is 3.04. The van der Waals surface area contributed by atoms with Crippen LogP contribution >= 0.6 is 0 Å². The van der Waals surface area contributed by atoms with Gasteiger partial charge in [0.05, 0.1) is 0 Å². The fraction of sp³-hybridized carbons (Fsp3) is 1.00. The molecule has 1 saturated carbocycles. The van der Waals surface area contributed by atoms with Crippen molar-refractivity contribution in [1.82, 2.24) is 0 Å². The SMILES string of the molecule is CCCCC1CCCCC(N)C1. The van der Waals surface area contributed by atoms with Gasteiger partial charge in [-0.15, -0.1) is 0 Å². The molecule has 2 N–H and O–H groups in total. The van der Waals surface area contributed by atoms with Gasteiger partial charge in [-0.1, -0.05) is 45.4 Å². The van der Waals surface area contributed by atoms with Crippen molar-refractivity contribution in [2.45, 2.75) is 64.3 Å². The predicted octanol–water partition coefficient (Wildman–Crippen LogP) is 3.08. The van der Waals surface area contributed by atoms with Crippen LogP contribution < -0.4 is 5.73 Å². The van der Waals surface area contributed by atoms with Crippen LogP contribution in [0.25, 0.3) is 0 Å². The molecule has 0 heterocycles. The first-order valence-corrected chi connectivity index (χ1v) is 5.58. The van der Waals surface area contributed by atoms with E-state index >= 15 is 0 Å². The van der Waals surface area contributed by atoms with Crippen molar-refractivity contribution in [2.24, 2.45) is 11.7 Å². The van der Waals surface area contributed by atoms with E-state index in [1.165, 1.54) is 51.4 Å². The maximum atomic E-state index is 6.00. The van der Waals surface area contributed by atoms with Crippen LogP contribution in [-0.2, 0) is 0 Å². The molecule has 2 atom stereocenters. The maximum Gasteiger partial charge on any atom is 0.00414 e. The van der Waals surface area contributed by atoms with Crippen LogP contribution in [0.3, 0.4) is 0 Å². The Morgan fingerprint density at radius 2 is 2.00 bits per heavy atom. The molecule has 12 heavy (non-hydrogen) atoms. The Balaban J connectivity index is 2.21. The molecule has 0 aliphatic heterocycles. The fourth-order valence-electron chi connectivity index (χ4n) is 2.26. The summed E-state index contributed by atoms with van der Waals surface area (Å²) in [6, 6.07) is 0.509. The summed E-state index contributed by atoms with van der Waals surface area (Å²) < 4.78 is 0. The lowest BCUT2D eigenvalue weighted by molar-refractivity contribution is 0.394. The Kier molecular flexibility index (Phi) is 4.67. The molecule has 0 aromatic carbocycles. The molecular formula is C11H23N. The number of hydrogen-bond donors (Lipinski definition) is 1. The van der Waals surface area contributed by atoms with Crippen molar-refractivity contribution in [3.63, 3.8) is 0 Å².